The fraction of sp³-hybridized carbons (Fsp3) is 0.0185. The monoisotopic (exact) mass is 743 g/mol. The highest BCUT2D eigenvalue weighted by Crippen LogP contribution is 2.38. The summed E-state index contributed by atoms with van der Waals surface area (Å²) in [5.41, 5.74) is 13.9. The Labute approximate surface area is 337 Å². The van der Waals surface area contributed by atoms with Gasteiger partial charge < -0.3 is 4.42 Å². The normalized spacial score (nSPS) is 11.2. The molecule has 274 valence electrons. The number of rotatable bonds is 9. The lowest BCUT2D eigenvalue weighted by Gasteiger charge is -2.19. The van der Waals surface area contributed by atoms with Crippen molar-refractivity contribution in [3.63, 3.8) is 0 Å². The second kappa shape index (κ2) is 15.4. The van der Waals surface area contributed by atoms with Crippen LogP contribution in [0.25, 0.3) is 67.0 Å². The van der Waals surface area contributed by atoms with Crippen LogP contribution in [0.15, 0.2) is 217 Å². The predicted molar refractivity (Wildman–Crippen MR) is 237 cm³/mol. The van der Waals surface area contributed by atoms with Crippen LogP contribution in [0.5, 0.6) is 0 Å². The second-order valence-electron chi connectivity index (χ2n) is 14.4. The van der Waals surface area contributed by atoms with Crippen LogP contribution in [0.4, 0.5) is 0 Å². The van der Waals surface area contributed by atoms with Crippen molar-refractivity contribution in [3.05, 3.63) is 246 Å². The Morgan fingerprint density at radius 1 is 0.345 bits per heavy atom. The topological polar surface area (TPSA) is 51.8 Å². The highest BCUT2D eigenvalue weighted by atomic mass is 16.3. The maximum absolute atomic E-state index is 6.24. The molecular weight excluding hydrogens is 707 g/mol. The number of aromatic nitrogens is 3. The van der Waals surface area contributed by atoms with E-state index in [0.29, 0.717) is 23.9 Å². The molecule has 0 saturated carbocycles. The van der Waals surface area contributed by atoms with Gasteiger partial charge >= 0.3 is 0 Å². The van der Waals surface area contributed by atoms with Crippen LogP contribution in [-0.2, 0) is 6.42 Å². The van der Waals surface area contributed by atoms with Crippen molar-refractivity contribution in [2.24, 2.45) is 0 Å². The van der Waals surface area contributed by atoms with Gasteiger partial charge in [0.2, 0.25) is 0 Å². The first kappa shape index (κ1) is 34.8. The van der Waals surface area contributed by atoms with E-state index in [-0.39, 0.29) is 0 Å². The molecule has 0 aliphatic carbocycles. The van der Waals surface area contributed by atoms with E-state index in [1.54, 1.807) is 0 Å². The van der Waals surface area contributed by atoms with E-state index in [9.17, 15) is 0 Å². The van der Waals surface area contributed by atoms with Crippen molar-refractivity contribution in [1.82, 2.24) is 15.0 Å². The largest absolute Gasteiger partial charge is 0.456 e. The summed E-state index contributed by atoms with van der Waals surface area (Å²) in [5.74, 6) is 1.95. The van der Waals surface area contributed by atoms with Gasteiger partial charge in [0.25, 0.3) is 0 Å². The zero-order valence-electron chi connectivity index (χ0n) is 31.7. The Morgan fingerprint density at radius 3 is 1.52 bits per heavy atom. The highest BCUT2D eigenvalue weighted by molar-refractivity contribution is 6.06. The number of nitrogens with zero attached hydrogens (tertiary/aromatic N) is 3. The average Bonchev–Trinajstić information content (AvgIpc) is 3.67. The van der Waals surface area contributed by atoms with Gasteiger partial charge in [-0.3, -0.25) is 0 Å². The lowest BCUT2D eigenvalue weighted by atomic mass is 9.85. The van der Waals surface area contributed by atoms with E-state index < -0.39 is 0 Å². The summed E-state index contributed by atoms with van der Waals surface area (Å²) in [6.07, 6.45) is 0.539. The minimum absolute atomic E-state index is 0.539. The Hall–Kier alpha value is -7.69. The molecule has 0 spiro atoms. The van der Waals surface area contributed by atoms with Gasteiger partial charge in [0.15, 0.2) is 11.6 Å². The molecule has 0 bridgehead atoms. The van der Waals surface area contributed by atoms with E-state index in [2.05, 4.69) is 158 Å². The van der Waals surface area contributed by atoms with Crippen molar-refractivity contribution in [2.75, 3.05) is 0 Å². The molecule has 4 nitrogen and oxygen atoms in total. The molecule has 0 saturated heterocycles. The summed E-state index contributed by atoms with van der Waals surface area (Å²) < 4.78 is 6.24. The Kier molecular flexibility index (Phi) is 9.26. The summed E-state index contributed by atoms with van der Waals surface area (Å²) in [5, 5.41) is 2.16. The van der Waals surface area contributed by atoms with Gasteiger partial charge in [-0.1, -0.05) is 188 Å². The zero-order valence-corrected chi connectivity index (χ0v) is 31.7. The molecule has 0 fully saturated rings. The lowest BCUT2D eigenvalue weighted by Crippen LogP contribution is -2.04. The molecule has 4 heteroatoms. The zero-order chi connectivity index (χ0) is 38.7. The van der Waals surface area contributed by atoms with E-state index >= 15 is 0 Å². The van der Waals surface area contributed by atoms with Gasteiger partial charge in [-0.2, -0.15) is 0 Å². The van der Waals surface area contributed by atoms with Crippen LogP contribution in [0, 0.1) is 0 Å². The van der Waals surface area contributed by atoms with E-state index in [0.717, 1.165) is 60.9 Å². The van der Waals surface area contributed by atoms with Gasteiger partial charge in [0.05, 0.1) is 0 Å². The summed E-state index contributed by atoms with van der Waals surface area (Å²) >= 11 is 0. The van der Waals surface area contributed by atoms with Crippen LogP contribution in [0.1, 0.15) is 33.6 Å². The maximum Gasteiger partial charge on any atom is 0.163 e. The van der Waals surface area contributed by atoms with Gasteiger partial charge in [-0.15, -0.1) is 0 Å². The molecule has 0 unspecified atom stereocenters. The van der Waals surface area contributed by atoms with Crippen molar-refractivity contribution in [3.8, 4) is 33.9 Å². The number of fused-ring (bicyclic) bond motifs is 3. The molecule has 0 aliphatic heterocycles. The molecule has 58 heavy (non-hydrogen) atoms. The maximum atomic E-state index is 6.24. The second-order valence-corrected chi connectivity index (χ2v) is 14.4. The first-order chi connectivity index (χ1) is 28.7. The van der Waals surface area contributed by atoms with Crippen LogP contribution in [-0.4, -0.2) is 15.0 Å². The summed E-state index contributed by atoms with van der Waals surface area (Å²) in [6, 6.07) is 74.1. The van der Waals surface area contributed by atoms with E-state index in [4.69, 9.17) is 19.4 Å². The average molecular weight is 744 g/mol. The highest BCUT2D eigenvalue weighted by Gasteiger charge is 2.18. The molecule has 10 rings (SSSR count). The molecule has 0 atom stereocenters. The minimum Gasteiger partial charge on any atom is -0.456 e. The number of hydrogen-bond donors (Lipinski definition) is 0. The Bertz CT molecular complexity index is 3020. The van der Waals surface area contributed by atoms with Crippen molar-refractivity contribution < 1.29 is 4.42 Å². The van der Waals surface area contributed by atoms with Crippen LogP contribution in [0.3, 0.4) is 0 Å². The quantitative estimate of drug-likeness (QED) is 0.138. The lowest BCUT2D eigenvalue weighted by molar-refractivity contribution is 0.669. The molecule has 2 heterocycles. The van der Waals surface area contributed by atoms with Gasteiger partial charge in [0.1, 0.15) is 17.0 Å². The number of para-hydroxylation sites is 1. The van der Waals surface area contributed by atoms with Gasteiger partial charge in [-0.25, -0.2) is 15.0 Å². The standard InChI is InChI=1S/C54H37N3O/c1-5-18-38(19-6-1)51(39-20-7-2-8-21-39)52(40-22-9-3-10-23-40)44-28-16-27-43(35-44)42-26-15-17-37(33-42)34-50-55-53(41-24-11-4-12-25-41)57-54(56-50)45-31-32-47-46-29-13-14-30-48(46)58-49(47)36-45/h1-33,35-36H,34H2. The van der Waals surface area contributed by atoms with Crippen LogP contribution in [0.2, 0.25) is 0 Å². The van der Waals surface area contributed by atoms with Gasteiger partial charge in [-0.05, 0) is 74.4 Å². The fourth-order valence-corrected chi connectivity index (χ4v) is 7.83. The van der Waals surface area contributed by atoms with Gasteiger partial charge in [0, 0.05) is 28.3 Å². The Balaban J connectivity index is 1.05. The number of hydrogen-bond acceptors (Lipinski definition) is 4. The summed E-state index contributed by atoms with van der Waals surface area (Å²) in [6.45, 7) is 0. The van der Waals surface area contributed by atoms with Crippen molar-refractivity contribution >= 4 is 33.1 Å². The first-order valence-electron chi connectivity index (χ1n) is 19.6. The third kappa shape index (κ3) is 7.00. The van der Waals surface area contributed by atoms with Crippen molar-refractivity contribution in [2.45, 2.75) is 6.42 Å². The smallest absolute Gasteiger partial charge is 0.163 e. The minimum atomic E-state index is 0.539. The summed E-state index contributed by atoms with van der Waals surface area (Å²) in [7, 11) is 0. The van der Waals surface area contributed by atoms with Crippen LogP contribution >= 0.6 is 0 Å². The third-order valence-electron chi connectivity index (χ3n) is 10.6. The summed E-state index contributed by atoms with van der Waals surface area (Å²) in [4.78, 5) is 15.1. The van der Waals surface area contributed by atoms with Crippen molar-refractivity contribution in [1.29, 1.82) is 0 Å². The fourth-order valence-electron chi connectivity index (χ4n) is 7.83. The molecule has 0 radical (unpaired) electrons. The first-order valence-corrected chi connectivity index (χ1v) is 19.6. The van der Waals surface area contributed by atoms with Crippen LogP contribution < -0.4 is 0 Å². The van der Waals surface area contributed by atoms with E-state index in [1.807, 2.05) is 54.6 Å². The molecule has 0 aliphatic rings. The molecule has 0 amide bonds. The number of benzene rings is 8. The molecule has 0 N–H and O–H groups in total. The third-order valence-corrected chi connectivity index (χ3v) is 10.6. The Morgan fingerprint density at radius 2 is 0.845 bits per heavy atom. The molecule has 8 aromatic carbocycles. The predicted octanol–water partition coefficient (Wildman–Crippen LogP) is 13.4. The van der Waals surface area contributed by atoms with E-state index in [1.165, 1.54) is 22.3 Å². The molecule has 2 aromatic heterocycles. The molecule has 10 aromatic rings. The SMILES string of the molecule is c1ccc(C(=C(c2ccccc2)c2cccc(-c3cccc(Cc4nc(-c5ccccc5)nc(-c5ccc6c(c5)oc5ccccc56)n4)c3)c2)c2ccccc2)cc1. The molecular formula is C54H37N3O. The number of furan rings is 1.